The van der Waals surface area contributed by atoms with Gasteiger partial charge in [0, 0.05) is 60.8 Å². The Morgan fingerprint density at radius 1 is 1.19 bits per heavy atom. The highest BCUT2D eigenvalue weighted by atomic mass is 16.5. The second-order valence-electron chi connectivity index (χ2n) is 7.47. The van der Waals surface area contributed by atoms with E-state index in [-0.39, 0.29) is 0 Å². The molecule has 4 heterocycles. The third-order valence-electron chi connectivity index (χ3n) is 5.28. The number of hydrogen-bond acceptors (Lipinski definition) is 7. The first-order chi connectivity index (χ1) is 15.2. The SMILES string of the molecule is NC1=C(/C=N/c2ccccn2)CN(CCCCOc2ccc3ccn(C=O)c3n2)CC1. The first kappa shape index (κ1) is 20.7. The van der Waals surface area contributed by atoms with E-state index < -0.39 is 0 Å². The van der Waals surface area contributed by atoms with Gasteiger partial charge in [-0.1, -0.05) is 6.07 Å². The number of nitrogens with zero attached hydrogens (tertiary/aromatic N) is 5. The number of rotatable bonds is 9. The molecule has 3 aromatic rings. The van der Waals surface area contributed by atoms with Gasteiger partial charge in [-0.05, 0) is 43.7 Å². The number of aliphatic imine (C=N–C) groups is 1. The van der Waals surface area contributed by atoms with Gasteiger partial charge in [0.25, 0.3) is 0 Å². The molecule has 0 saturated carbocycles. The molecule has 8 nitrogen and oxygen atoms in total. The van der Waals surface area contributed by atoms with E-state index in [0.717, 1.165) is 62.0 Å². The largest absolute Gasteiger partial charge is 0.478 e. The molecule has 3 aromatic heterocycles. The van der Waals surface area contributed by atoms with Crippen LogP contribution < -0.4 is 10.5 Å². The number of ether oxygens (including phenoxy) is 1. The van der Waals surface area contributed by atoms with Crippen molar-refractivity contribution in [2.24, 2.45) is 10.7 Å². The third-order valence-corrected chi connectivity index (χ3v) is 5.28. The lowest BCUT2D eigenvalue weighted by Gasteiger charge is -2.28. The zero-order valence-corrected chi connectivity index (χ0v) is 17.4. The summed E-state index contributed by atoms with van der Waals surface area (Å²) in [4.78, 5) is 26.5. The zero-order chi connectivity index (χ0) is 21.5. The van der Waals surface area contributed by atoms with Crippen molar-refractivity contribution in [2.75, 3.05) is 26.2 Å². The monoisotopic (exact) mass is 418 g/mol. The molecule has 31 heavy (non-hydrogen) atoms. The summed E-state index contributed by atoms with van der Waals surface area (Å²) in [6.07, 6.45) is 8.79. The number of carbonyl (C=O) groups excluding carboxylic acids is 1. The van der Waals surface area contributed by atoms with Crippen LogP contribution in [0.2, 0.25) is 0 Å². The van der Waals surface area contributed by atoms with Gasteiger partial charge in [-0.2, -0.15) is 4.98 Å². The first-order valence-electron chi connectivity index (χ1n) is 10.4. The maximum absolute atomic E-state index is 11.1. The van der Waals surface area contributed by atoms with Crippen LogP contribution in [0.5, 0.6) is 5.88 Å². The molecule has 0 radical (unpaired) electrons. The molecule has 0 unspecified atom stereocenters. The van der Waals surface area contributed by atoms with Crippen LogP contribution in [-0.2, 0) is 4.79 Å². The molecule has 0 spiro atoms. The van der Waals surface area contributed by atoms with Gasteiger partial charge < -0.3 is 10.5 Å². The van der Waals surface area contributed by atoms with E-state index in [1.807, 2.05) is 42.6 Å². The fraction of sp³-hybridized carbons (Fsp3) is 0.304. The molecular formula is C23H26N6O2. The van der Waals surface area contributed by atoms with E-state index in [2.05, 4.69) is 19.9 Å². The molecule has 160 valence electrons. The fourth-order valence-corrected chi connectivity index (χ4v) is 3.54. The quantitative estimate of drug-likeness (QED) is 0.326. The van der Waals surface area contributed by atoms with Gasteiger partial charge in [0.15, 0.2) is 11.5 Å². The van der Waals surface area contributed by atoms with Crippen molar-refractivity contribution >= 4 is 29.5 Å². The Kier molecular flexibility index (Phi) is 6.68. The van der Waals surface area contributed by atoms with Crippen LogP contribution in [0.4, 0.5) is 5.82 Å². The number of unbranched alkanes of at least 4 members (excludes halogenated alkanes) is 1. The molecule has 0 fully saturated rings. The number of aromatic nitrogens is 3. The summed E-state index contributed by atoms with van der Waals surface area (Å²) in [5.41, 5.74) is 8.77. The Morgan fingerprint density at radius 2 is 2.13 bits per heavy atom. The molecule has 0 atom stereocenters. The summed E-state index contributed by atoms with van der Waals surface area (Å²) in [7, 11) is 0. The van der Waals surface area contributed by atoms with Gasteiger partial charge in [-0.25, -0.2) is 9.98 Å². The molecule has 0 aromatic carbocycles. The lowest BCUT2D eigenvalue weighted by molar-refractivity contribution is 0.255. The molecule has 0 saturated heterocycles. The topological polar surface area (TPSA) is 98.6 Å². The number of fused-ring (bicyclic) bond motifs is 1. The van der Waals surface area contributed by atoms with Gasteiger partial charge in [0.1, 0.15) is 0 Å². The minimum Gasteiger partial charge on any atom is -0.478 e. The van der Waals surface area contributed by atoms with E-state index >= 15 is 0 Å². The third kappa shape index (κ3) is 5.35. The number of hydrogen-bond donors (Lipinski definition) is 1. The Balaban J connectivity index is 1.22. The van der Waals surface area contributed by atoms with Crippen molar-refractivity contribution in [1.29, 1.82) is 0 Å². The van der Waals surface area contributed by atoms with E-state index in [9.17, 15) is 4.79 Å². The smallest absolute Gasteiger partial charge is 0.219 e. The molecule has 1 aliphatic heterocycles. The Morgan fingerprint density at radius 3 is 2.97 bits per heavy atom. The highest BCUT2D eigenvalue weighted by molar-refractivity contribution is 5.83. The van der Waals surface area contributed by atoms with Crippen LogP contribution in [0.1, 0.15) is 19.3 Å². The number of carbonyl (C=O) groups is 1. The van der Waals surface area contributed by atoms with Gasteiger partial charge in [0.2, 0.25) is 12.3 Å². The van der Waals surface area contributed by atoms with Crippen molar-refractivity contribution in [1.82, 2.24) is 19.4 Å². The molecule has 4 rings (SSSR count). The van der Waals surface area contributed by atoms with Crippen molar-refractivity contribution in [2.45, 2.75) is 19.3 Å². The predicted octanol–water partition coefficient (Wildman–Crippen LogP) is 2.95. The van der Waals surface area contributed by atoms with E-state index in [4.69, 9.17) is 10.5 Å². The van der Waals surface area contributed by atoms with Gasteiger partial charge in [-0.3, -0.25) is 14.3 Å². The second-order valence-corrected chi connectivity index (χ2v) is 7.47. The fourth-order valence-electron chi connectivity index (χ4n) is 3.54. The molecular weight excluding hydrogens is 392 g/mol. The number of nitrogens with two attached hydrogens (primary N) is 1. The van der Waals surface area contributed by atoms with Crippen molar-refractivity contribution in [3.05, 3.63) is 60.1 Å². The molecule has 2 N–H and O–H groups in total. The Hall–Kier alpha value is -3.52. The molecule has 0 bridgehead atoms. The summed E-state index contributed by atoms with van der Waals surface area (Å²) in [6.45, 7) is 3.30. The summed E-state index contributed by atoms with van der Waals surface area (Å²) < 4.78 is 7.23. The van der Waals surface area contributed by atoms with Crippen molar-refractivity contribution in [3.63, 3.8) is 0 Å². The van der Waals surface area contributed by atoms with E-state index in [0.29, 0.717) is 24.0 Å². The molecule has 1 aliphatic rings. The maximum atomic E-state index is 11.1. The molecule has 8 heteroatoms. The van der Waals surface area contributed by atoms with Gasteiger partial charge >= 0.3 is 0 Å². The average Bonchev–Trinajstić information content (AvgIpc) is 3.22. The molecule has 0 amide bonds. The van der Waals surface area contributed by atoms with Crippen molar-refractivity contribution < 1.29 is 9.53 Å². The second kappa shape index (κ2) is 9.99. The maximum Gasteiger partial charge on any atom is 0.219 e. The van der Waals surface area contributed by atoms with Crippen LogP contribution in [0, 0.1) is 0 Å². The highest BCUT2D eigenvalue weighted by Crippen LogP contribution is 2.18. The highest BCUT2D eigenvalue weighted by Gasteiger charge is 2.15. The normalized spacial score (nSPS) is 15.1. The Bertz CT molecular complexity index is 1090. The summed E-state index contributed by atoms with van der Waals surface area (Å²) >= 11 is 0. The average molecular weight is 419 g/mol. The van der Waals surface area contributed by atoms with Gasteiger partial charge in [-0.15, -0.1) is 0 Å². The lowest BCUT2D eigenvalue weighted by Crippen LogP contribution is -2.34. The van der Waals surface area contributed by atoms with Gasteiger partial charge in [0.05, 0.1) is 6.61 Å². The van der Waals surface area contributed by atoms with Crippen LogP contribution in [0.3, 0.4) is 0 Å². The van der Waals surface area contributed by atoms with Crippen molar-refractivity contribution in [3.8, 4) is 5.88 Å². The van der Waals surface area contributed by atoms with Crippen LogP contribution in [0.15, 0.2) is 65.1 Å². The Labute approximate surface area is 181 Å². The van der Waals surface area contributed by atoms with Crippen LogP contribution >= 0.6 is 0 Å². The first-order valence-corrected chi connectivity index (χ1v) is 10.4. The van der Waals surface area contributed by atoms with E-state index in [1.54, 1.807) is 12.4 Å². The van der Waals surface area contributed by atoms with E-state index in [1.165, 1.54) is 4.57 Å². The minimum atomic E-state index is 0.538. The lowest BCUT2D eigenvalue weighted by atomic mass is 10.1. The van der Waals surface area contributed by atoms with Crippen LogP contribution in [-0.4, -0.2) is 58.3 Å². The standard InChI is InChI=1S/C23H26N6O2/c24-20-9-12-28(16-19(20)15-26-21-5-1-2-10-25-21)11-3-4-14-31-22-7-6-18-8-13-29(17-30)23(18)27-22/h1-2,5-8,10,13,15,17H,3-4,9,11-12,14,16,24H2/b26-15+. The summed E-state index contributed by atoms with van der Waals surface area (Å²) in [5, 5.41) is 0.916. The minimum absolute atomic E-state index is 0.538. The summed E-state index contributed by atoms with van der Waals surface area (Å²) in [5.74, 6) is 1.22. The number of pyridine rings is 2. The summed E-state index contributed by atoms with van der Waals surface area (Å²) in [6, 6.07) is 11.3. The molecule has 0 aliphatic carbocycles. The zero-order valence-electron chi connectivity index (χ0n) is 17.4. The van der Waals surface area contributed by atoms with Crippen LogP contribution in [0.25, 0.3) is 11.0 Å². The predicted molar refractivity (Wildman–Crippen MR) is 121 cm³/mol.